The zero-order chi connectivity index (χ0) is 28.4. The number of halogens is 2. The summed E-state index contributed by atoms with van der Waals surface area (Å²) in [6.07, 6.45) is 1.35. The maximum Gasteiger partial charge on any atom is 0.336 e. The molecule has 1 aliphatic heterocycles. The van der Waals surface area contributed by atoms with Crippen LogP contribution in [0.1, 0.15) is 23.6 Å². The van der Waals surface area contributed by atoms with E-state index in [1.54, 1.807) is 12.1 Å². The van der Waals surface area contributed by atoms with E-state index in [9.17, 15) is 18.8 Å². The van der Waals surface area contributed by atoms with Gasteiger partial charge in [-0.2, -0.15) is 0 Å². The first-order valence-corrected chi connectivity index (χ1v) is 13.6. The van der Waals surface area contributed by atoms with Gasteiger partial charge in [0.2, 0.25) is 0 Å². The van der Waals surface area contributed by atoms with Gasteiger partial charge in [-0.25, -0.2) is 14.1 Å². The summed E-state index contributed by atoms with van der Waals surface area (Å²) in [6, 6.07) is 20.0. The van der Waals surface area contributed by atoms with Crippen molar-refractivity contribution < 1.29 is 28.2 Å². The number of ether oxygens (including phenoxy) is 2. The molecule has 1 N–H and O–H groups in total. The first-order chi connectivity index (χ1) is 19.3. The number of fused-ring (bicyclic) bond motifs is 1. The lowest BCUT2D eigenvalue weighted by atomic mass is 10.0. The molecule has 0 aliphatic carbocycles. The number of hydrogen-bond acceptors (Lipinski definition) is 5. The minimum Gasteiger partial charge on any atom is -0.490 e. The lowest BCUT2D eigenvalue weighted by Crippen LogP contribution is -2.54. The van der Waals surface area contributed by atoms with E-state index in [-0.39, 0.29) is 11.3 Å². The van der Waals surface area contributed by atoms with E-state index >= 15 is 0 Å². The molecule has 0 bridgehead atoms. The number of carbonyl (C=O) groups is 3. The van der Waals surface area contributed by atoms with Crippen molar-refractivity contribution in [2.45, 2.75) is 20.5 Å². The second kappa shape index (κ2) is 11.5. The summed E-state index contributed by atoms with van der Waals surface area (Å²) in [5, 5.41) is 4.34. The van der Waals surface area contributed by atoms with Crippen molar-refractivity contribution in [3.05, 3.63) is 104 Å². The molecule has 0 spiro atoms. The maximum absolute atomic E-state index is 14.4. The van der Waals surface area contributed by atoms with E-state index in [0.717, 1.165) is 28.0 Å². The Kier molecular flexibility index (Phi) is 7.83. The number of nitrogens with one attached hydrogen (secondary N) is 1. The largest absolute Gasteiger partial charge is 0.490 e. The van der Waals surface area contributed by atoms with Crippen LogP contribution < -0.4 is 19.7 Å². The van der Waals surface area contributed by atoms with Crippen LogP contribution in [0.2, 0.25) is 0 Å². The normalized spacial score (nSPS) is 14.6. The van der Waals surface area contributed by atoms with Crippen LogP contribution in [0.5, 0.6) is 11.5 Å². The van der Waals surface area contributed by atoms with Gasteiger partial charge in [-0.05, 0) is 88.7 Å². The summed E-state index contributed by atoms with van der Waals surface area (Å²) < 4.78 is 27.3. The van der Waals surface area contributed by atoms with Gasteiger partial charge in [-0.1, -0.05) is 48.5 Å². The number of aryl methyl sites for hydroxylation is 1. The number of para-hydroxylation sites is 1. The van der Waals surface area contributed by atoms with Gasteiger partial charge in [0, 0.05) is 5.56 Å². The number of anilines is 1. The van der Waals surface area contributed by atoms with E-state index < -0.39 is 23.7 Å². The molecule has 1 aliphatic rings. The van der Waals surface area contributed by atoms with E-state index in [0.29, 0.717) is 38.7 Å². The van der Waals surface area contributed by atoms with Crippen LogP contribution in [0, 0.1) is 16.3 Å². The first kappa shape index (κ1) is 27.3. The Hall–Kier alpha value is -4.25. The lowest BCUT2D eigenvalue weighted by Gasteiger charge is -2.26. The zero-order valence-corrected chi connectivity index (χ0v) is 23.8. The molecule has 202 valence electrons. The summed E-state index contributed by atoms with van der Waals surface area (Å²) in [6.45, 7) is 4.54. The lowest BCUT2D eigenvalue weighted by molar-refractivity contribution is -0.122. The molecular formula is C31H24FIN2O5. The highest BCUT2D eigenvalue weighted by Gasteiger charge is 2.38. The predicted octanol–water partition coefficient (Wildman–Crippen LogP) is 6.54. The number of barbiturate groups is 1. The number of rotatable bonds is 7. The van der Waals surface area contributed by atoms with E-state index in [1.165, 1.54) is 24.3 Å². The number of amides is 4. The fraction of sp³-hybridized carbons (Fsp3) is 0.129. The number of hydrogen-bond donors (Lipinski definition) is 1. The average Bonchev–Trinajstić information content (AvgIpc) is 2.92. The Balaban J connectivity index is 1.49. The van der Waals surface area contributed by atoms with Crippen molar-refractivity contribution in [2.24, 2.45) is 0 Å². The molecule has 4 aromatic rings. The summed E-state index contributed by atoms with van der Waals surface area (Å²) in [5.74, 6) is -1.61. The molecule has 5 rings (SSSR count). The highest BCUT2D eigenvalue weighted by Crippen LogP contribution is 2.37. The van der Waals surface area contributed by atoms with E-state index in [1.807, 2.05) is 26.0 Å². The minimum atomic E-state index is -1.02. The standard InChI is InChI=1S/C31H24FIN2O5/c1-3-39-27-16-19(14-22-29(36)34-31(38)35(30(22)37)26-11-7-6-10-24(26)32)15-25(33)28(27)40-17-23-18(2)12-13-20-8-4-5-9-21(20)23/h4-16H,3,17H2,1-2H3,(H,34,36,38)/b22-14-. The van der Waals surface area contributed by atoms with Crippen molar-refractivity contribution in [2.75, 3.05) is 11.5 Å². The molecule has 1 saturated heterocycles. The van der Waals surface area contributed by atoms with Crippen LogP contribution >= 0.6 is 22.6 Å². The molecule has 4 aromatic carbocycles. The van der Waals surface area contributed by atoms with E-state index in [2.05, 4.69) is 52.2 Å². The Labute approximate surface area is 243 Å². The average molecular weight is 650 g/mol. The van der Waals surface area contributed by atoms with Gasteiger partial charge in [0.1, 0.15) is 18.0 Å². The highest BCUT2D eigenvalue weighted by atomic mass is 127. The van der Waals surface area contributed by atoms with Gasteiger partial charge in [0.25, 0.3) is 11.8 Å². The minimum absolute atomic E-state index is 0.250. The Morgan fingerprint density at radius 1 is 0.975 bits per heavy atom. The molecule has 0 saturated carbocycles. The molecule has 0 aromatic heterocycles. The van der Waals surface area contributed by atoms with E-state index in [4.69, 9.17) is 9.47 Å². The molecule has 9 heteroatoms. The molecule has 7 nitrogen and oxygen atoms in total. The third kappa shape index (κ3) is 5.29. The summed E-state index contributed by atoms with van der Waals surface area (Å²) >= 11 is 2.11. The van der Waals surface area contributed by atoms with Crippen LogP contribution in [0.25, 0.3) is 16.8 Å². The molecule has 40 heavy (non-hydrogen) atoms. The van der Waals surface area contributed by atoms with Crippen LogP contribution in [0.15, 0.2) is 78.4 Å². The van der Waals surface area contributed by atoms with Crippen LogP contribution in [-0.4, -0.2) is 24.5 Å². The number of benzene rings is 4. The zero-order valence-electron chi connectivity index (χ0n) is 21.7. The van der Waals surface area contributed by atoms with Gasteiger partial charge >= 0.3 is 6.03 Å². The molecule has 0 unspecified atom stereocenters. The molecule has 1 fully saturated rings. The van der Waals surface area contributed by atoms with Gasteiger partial charge in [0.15, 0.2) is 11.5 Å². The maximum atomic E-state index is 14.4. The summed E-state index contributed by atoms with van der Waals surface area (Å²) in [4.78, 5) is 38.9. The van der Waals surface area contributed by atoms with Gasteiger partial charge in [-0.15, -0.1) is 0 Å². The molecule has 1 heterocycles. The van der Waals surface area contributed by atoms with Gasteiger partial charge in [-0.3, -0.25) is 14.9 Å². The predicted molar refractivity (Wildman–Crippen MR) is 159 cm³/mol. The molecule has 0 radical (unpaired) electrons. The Morgan fingerprint density at radius 3 is 2.50 bits per heavy atom. The molecular weight excluding hydrogens is 626 g/mol. The smallest absolute Gasteiger partial charge is 0.336 e. The topological polar surface area (TPSA) is 84.9 Å². The molecule has 4 amide bonds. The van der Waals surface area contributed by atoms with Crippen LogP contribution in [-0.2, 0) is 16.2 Å². The monoisotopic (exact) mass is 650 g/mol. The van der Waals surface area contributed by atoms with Crippen molar-refractivity contribution >= 4 is 63.0 Å². The number of urea groups is 1. The van der Waals surface area contributed by atoms with Crippen molar-refractivity contribution in [1.29, 1.82) is 0 Å². The Morgan fingerprint density at radius 2 is 1.73 bits per heavy atom. The quantitative estimate of drug-likeness (QED) is 0.140. The van der Waals surface area contributed by atoms with Crippen LogP contribution in [0.3, 0.4) is 0 Å². The van der Waals surface area contributed by atoms with Gasteiger partial charge < -0.3 is 9.47 Å². The van der Waals surface area contributed by atoms with Crippen molar-refractivity contribution in [3.8, 4) is 11.5 Å². The number of carbonyl (C=O) groups excluding carboxylic acids is 3. The second-order valence-electron chi connectivity index (χ2n) is 9.04. The first-order valence-electron chi connectivity index (χ1n) is 12.5. The van der Waals surface area contributed by atoms with Crippen LogP contribution in [0.4, 0.5) is 14.9 Å². The summed E-state index contributed by atoms with van der Waals surface area (Å²) in [5.41, 5.74) is 2.07. The second-order valence-corrected chi connectivity index (χ2v) is 10.2. The number of nitrogens with zero attached hydrogens (tertiary/aromatic N) is 1. The Bertz CT molecular complexity index is 1700. The van der Waals surface area contributed by atoms with Crippen molar-refractivity contribution in [1.82, 2.24) is 5.32 Å². The van der Waals surface area contributed by atoms with Gasteiger partial charge in [0.05, 0.1) is 15.9 Å². The highest BCUT2D eigenvalue weighted by molar-refractivity contribution is 14.1. The summed E-state index contributed by atoms with van der Waals surface area (Å²) in [7, 11) is 0. The fourth-order valence-corrected chi connectivity index (χ4v) is 5.31. The fourth-order valence-electron chi connectivity index (χ4n) is 4.53. The molecule has 0 atom stereocenters. The SMILES string of the molecule is CCOc1cc(/C=C2/C(=O)NC(=O)N(c3ccccc3F)C2=O)cc(I)c1OCc1c(C)ccc2ccccc12. The van der Waals surface area contributed by atoms with Crippen molar-refractivity contribution in [3.63, 3.8) is 0 Å². The third-order valence-electron chi connectivity index (χ3n) is 6.47. The number of imide groups is 2. The third-order valence-corrected chi connectivity index (χ3v) is 7.27.